The number of rotatable bonds is 5. The van der Waals surface area contributed by atoms with Crippen LogP contribution in [-0.4, -0.2) is 65.2 Å². The summed E-state index contributed by atoms with van der Waals surface area (Å²) >= 11 is 0. The molecule has 0 spiro atoms. The molecule has 6 atom stereocenters. The molecule has 2 fully saturated rings. The van der Waals surface area contributed by atoms with Gasteiger partial charge < -0.3 is 19.4 Å². The summed E-state index contributed by atoms with van der Waals surface area (Å²) in [6, 6.07) is 21.0. The monoisotopic (exact) mass is 730 g/mol. The van der Waals surface area contributed by atoms with Gasteiger partial charge in [0.2, 0.25) is 0 Å². The van der Waals surface area contributed by atoms with E-state index in [0.29, 0.717) is 11.8 Å². The van der Waals surface area contributed by atoms with Crippen LogP contribution in [-0.2, 0) is 9.47 Å². The third kappa shape index (κ3) is 7.22. The van der Waals surface area contributed by atoms with Gasteiger partial charge in [-0.1, -0.05) is 74.5 Å². The molecule has 54 heavy (non-hydrogen) atoms. The lowest BCUT2D eigenvalue weighted by Gasteiger charge is -2.31. The largest absolute Gasteiger partial charge is 0.444 e. The van der Waals surface area contributed by atoms with Gasteiger partial charge in [0.05, 0.1) is 35.9 Å². The zero-order chi connectivity index (χ0) is 38.7. The fraction of sp³-hybridized carbons (Fsp3) is 0.455. The first-order valence-electron chi connectivity index (χ1n) is 19.2. The molecule has 10 heteroatoms. The Labute approximate surface area is 318 Å². The van der Waals surface area contributed by atoms with E-state index in [9.17, 15) is 9.59 Å². The highest BCUT2D eigenvalue weighted by molar-refractivity contribution is 6.04. The molecule has 3 aromatic carbocycles. The van der Waals surface area contributed by atoms with Crippen LogP contribution in [0.4, 0.5) is 9.59 Å². The minimum atomic E-state index is -0.578. The lowest BCUT2D eigenvalue weighted by Crippen LogP contribution is -2.41. The Morgan fingerprint density at radius 1 is 0.611 bits per heavy atom. The van der Waals surface area contributed by atoms with Crippen LogP contribution in [0.15, 0.2) is 73.1 Å². The summed E-state index contributed by atoms with van der Waals surface area (Å²) < 4.78 is 11.6. The number of fused-ring (bicyclic) bond motifs is 1. The number of aromatic nitrogens is 4. The molecule has 0 saturated carbocycles. The summed E-state index contributed by atoms with van der Waals surface area (Å²) in [7, 11) is 0. The second kappa shape index (κ2) is 13.9. The average Bonchev–Trinajstić information content (AvgIpc) is 3.90. The zero-order valence-electron chi connectivity index (χ0n) is 33.2. The molecule has 0 unspecified atom stereocenters. The number of carbonyl (C=O) groups excluding carboxylic acids is 2. The molecule has 4 heterocycles. The molecule has 2 aromatic heterocycles. The highest BCUT2D eigenvalue weighted by Crippen LogP contribution is 2.42. The van der Waals surface area contributed by atoms with Gasteiger partial charge in [-0.15, -0.1) is 0 Å². The molecule has 2 aliphatic rings. The Balaban J connectivity index is 1.13. The van der Waals surface area contributed by atoms with Crippen LogP contribution < -0.4 is 0 Å². The van der Waals surface area contributed by atoms with Crippen LogP contribution in [0.1, 0.15) is 106 Å². The lowest BCUT2D eigenvalue weighted by molar-refractivity contribution is 0.0130. The summed E-state index contributed by atoms with van der Waals surface area (Å²) in [5, 5.41) is 2.24. The number of hydrogen-bond acceptors (Lipinski definition) is 6. The maximum Gasteiger partial charge on any atom is 0.411 e. The minimum absolute atomic E-state index is 0.0367. The summed E-state index contributed by atoms with van der Waals surface area (Å²) in [5.74, 6) is 2.18. The molecule has 0 radical (unpaired) electrons. The number of ether oxygens (including phenoxy) is 2. The SMILES string of the molecule is C[C@@H]1C[C@@H](c2ncc(-c3ccc(-c4cccc5c(-c6cnc([C@@H]7C[C@@H](C)[C@@H](C)N7C(=O)OC(C)(C)C)[nH]6)cccc45)cc3)[nH]2)N(C(=O)OC(C)(C)C)[C@@H]1C. The molecule has 2 saturated heterocycles. The first kappa shape index (κ1) is 37.2. The summed E-state index contributed by atoms with van der Waals surface area (Å²) in [4.78, 5) is 46.9. The third-order valence-electron chi connectivity index (χ3n) is 11.1. The van der Waals surface area contributed by atoms with E-state index in [1.165, 1.54) is 0 Å². The quantitative estimate of drug-likeness (QED) is 0.186. The van der Waals surface area contributed by atoms with Crippen LogP contribution >= 0.6 is 0 Å². The van der Waals surface area contributed by atoms with Crippen molar-refractivity contribution in [3.05, 3.63) is 84.7 Å². The molecule has 5 aromatic rings. The van der Waals surface area contributed by atoms with Gasteiger partial charge in [-0.25, -0.2) is 19.6 Å². The van der Waals surface area contributed by atoms with Gasteiger partial charge in [-0.2, -0.15) is 0 Å². The van der Waals surface area contributed by atoms with E-state index in [-0.39, 0.29) is 36.4 Å². The van der Waals surface area contributed by atoms with E-state index in [2.05, 4.69) is 98.3 Å². The summed E-state index contributed by atoms with van der Waals surface area (Å²) in [6.07, 6.45) is 4.75. The van der Waals surface area contributed by atoms with Crippen molar-refractivity contribution in [1.29, 1.82) is 0 Å². The number of H-pyrrole nitrogens is 2. The number of carbonyl (C=O) groups is 2. The fourth-order valence-electron chi connectivity index (χ4n) is 8.07. The number of benzene rings is 3. The van der Waals surface area contributed by atoms with Crippen molar-refractivity contribution in [2.45, 2.75) is 117 Å². The first-order valence-corrected chi connectivity index (χ1v) is 19.2. The number of likely N-dealkylation sites (tertiary alicyclic amines) is 2. The van der Waals surface area contributed by atoms with E-state index >= 15 is 0 Å². The van der Waals surface area contributed by atoms with Crippen molar-refractivity contribution in [1.82, 2.24) is 29.7 Å². The number of imidazole rings is 2. The Hall–Kier alpha value is -5.12. The molecule has 2 amide bonds. The molecular weight excluding hydrogens is 677 g/mol. The lowest BCUT2D eigenvalue weighted by atomic mass is 9.94. The van der Waals surface area contributed by atoms with E-state index in [1.807, 2.05) is 63.7 Å². The van der Waals surface area contributed by atoms with Crippen LogP contribution in [0.2, 0.25) is 0 Å². The van der Waals surface area contributed by atoms with Crippen LogP contribution in [0.3, 0.4) is 0 Å². The van der Waals surface area contributed by atoms with Gasteiger partial charge in [0.15, 0.2) is 0 Å². The second-order valence-electron chi connectivity index (χ2n) is 17.4. The topological polar surface area (TPSA) is 116 Å². The molecular formula is C44H54N6O4. The average molecular weight is 731 g/mol. The van der Waals surface area contributed by atoms with Gasteiger partial charge in [0.1, 0.15) is 22.9 Å². The molecule has 0 bridgehead atoms. The van der Waals surface area contributed by atoms with Crippen molar-refractivity contribution in [3.8, 4) is 33.6 Å². The maximum atomic E-state index is 13.3. The zero-order valence-corrected chi connectivity index (χ0v) is 33.2. The molecule has 10 nitrogen and oxygen atoms in total. The van der Waals surface area contributed by atoms with Crippen molar-refractivity contribution < 1.29 is 19.1 Å². The maximum absolute atomic E-state index is 13.3. The first-order chi connectivity index (χ1) is 25.5. The smallest absolute Gasteiger partial charge is 0.411 e. The van der Waals surface area contributed by atoms with E-state index < -0.39 is 11.2 Å². The molecule has 284 valence electrons. The highest BCUT2D eigenvalue weighted by atomic mass is 16.6. The molecule has 7 rings (SSSR count). The van der Waals surface area contributed by atoms with Crippen molar-refractivity contribution in [2.24, 2.45) is 11.8 Å². The standard InChI is InChI=1S/C44H54N6O4/c1-25-21-37(49(27(25)3)41(51)53-43(5,6)7)39-45-23-35(47-39)30-19-17-29(18-20-30)31-13-11-15-33-32(31)14-12-16-34(33)36-24-46-40(48-36)38-22-26(2)28(4)50(38)42(52)54-44(8,9)10/h11-20,23-28,37-38H,21-22H2,1-10H3,(H,45,47)(H,46,48)/t25-,26-,27-,28-,37+,38+/m1/s1. The van der Waals surface area contributed by atoms with Crippen LogP contribution in [0, 0.1) is 11.8 Å². The number of amides is 2. The highest BCUT2D eigenvalue weighted by Gasteiger charge is 2.44. The fourth-order valence-corrected chi connectivity index (χ4v) is 8.07. The van der Waals surface area contributed by atoms with E-state index in [4.69, 9.17) is 19.4 Å². The predicted octanol–water partition coefficient (Wildman–Crippen LogP) is 10.7. The Kier molecular flexibility index (Phi) is 9.61. The van der Waals surface area contributed by atoms with Gasteiger partial charge in [-0.3, -0.25) is 9.80 Å². The number of hydrogen-bond donors (Lipinski definition) is 2. The molecule has 0 aliphatic carbocycles. The Bertz CT molecular complexity index is 2160. The molecule has 2 N–H and O–H groups in total. The van der Waals surface area contributed by atoms with Crippen LogP contribution in [0.5, 0.6) is 0 Å². The molecule has 2 aliphatic heterocycles. The van der Waals surface area contributed by atoms with E-state index in [1.54, 1.807) is 0 Å². The van der Waals surface area contributed by atoms with Gasteiger partial charge >= 0.3 is 12.2 Å². The van der Waals surface area contributed by atoms with Crippen molar-refractivity contribution >= 4 is 23.0 Å². The summed E-state index contributed by atoms with van der Waals surface area (Å²) in [6.45, 7) is 19.9. The number of aromatic amines is 2. The third-order valence-corrected chi connectivity index (χ3v) is 11.1. The second-order valence-corrected chi connectivity index (χ2v) is 17.4. The Morgan fingerprint density at radius 2 is 1.04 bits per heavy atom. The Morgan fingerprint density at radius 3 is 1.54 bits per heavy atom. The van der Waals surface area contributed by atoms with Crippen molar-refractivity contribution in [3.63, 3.8) is 0 Å². The van der Waals surface area contributed by atoms with Gasteiger partial charge in [-0.05, 0) is 108 Å². The normalized spacial score (nSPS) is 23.3. The van der Waals surface area contributed by atoms with Crippen LogP contribution in [0.25, 0.3) is 44.4 Å². The van der Waals surface area contributed by atoms with Gasteiger partial charge in [0.25, 0.3) is 0 Å². The van der Waals surface area contributed by atoms with Crippen molar-refractivity contribution in [2.75, 3.05) is 0 Å². The minimum Gasteiger partial charge on any atom is -0.444 e. The summed E-state index contributed by atoms with van der Waals surface area (Å²) in [5.41, 5.74) is 4.95. The van der Waals surface area contributed by atoms with E-state index in [0.717, 1.165) is 68.9 Å². The number of nitrogens with zero attached hydrogens (tertiary/aromatic N) is 4. The van der Waals surface area contributed by atoms with Gasteiger partial charge in [0, 0.05) is 17.6 Å². The predicted molar refractivity (Wildman–Crippen MR) is 213 cm³/mol. The number of nitrogens with one attached hydrogen (secondary N) is 2.